The molecule has 2 rings (SSSR count). The highest BCUT2D eigenvalue weighted by molar-refractivity contribution is 5.94. The number of carboxylic acid groups (broad SMARTS) is 1. The summed E-state index contributed by atoms with van der Waals surface area (Å²) in [4.78, 5) is 22.2. The molecule has 1 heterocycles. The molecule has 1 aliphatic rings. The average molecular weight is 261 g/mol. The molecule has 1 aromatic carbocycles. The number of aliphatic carboxylic acids is 1. The van der Waals surface area contributed by atoms with E-state index in [4.69, 9.17) is 9.84 Å². The van der Waals surface area contributed by atoms with E-state index in [1.54, 1.807) is 24.3 Å². The fourth-order valence-electron chi connectivity index (χ4n) is 1.85. The Labute approximate surface area is 110 Å². The maximum absolute atomic E-state index is 11.8. The van der Waals surface area contributed by atoms with Gasteiger partial charge >= 0.3 is 5.97 Å². The van der Waals surface area contributed by atoms with Crippen molar-refractivity contribution in [2.45, 2.75) is 18.9 Å². The zero-order valence-electron chi connectivity index (χ0n) is 10.3. The third-order valence-corrected chi connectivity index (χ3v) is 2.82. The van der Waals surface area contributed by atoms with Crippen molar-refractivity contribution in [1.29, 1.82) is 0 Å². The minimum absolute atomic E-state index is 0.133. The van der Waals surface area contributed by atoms with Crippen LogP contribution in [0.5, 0.6) is 0 Å². The van der Waals surface area contributed by atoms with Crippen LogP contribution >= 0.6 is 0 Å². The third kappa shape index (κ3) is 3.93. The van der Waals surface area contributed by atoms with E-state index in [0.717, 1.165) is 24.5 Å². The topological polar surface area (TPSA) is 75.6 Å². The Hall–Kier alpha value is -2.14. The van der Waals surface area contributed by atoms with Gasteiger partial charge in [0.1, 0.15) is 6.10 Å². The van der Waals surface area contributed by atoms with Crippen molar-refractivity contribution in [3.05, 3.63) is 35.9 Å². The predicted molar refractivity (Wildman–Crippen MR) is 70.7 cm³/mol. The molecular formula is C14H15NO4. The number of nitrogens with one attached hydrogen (secondary N) is 1. The van der Waals surface area contributed by atoms with Gasteiger partial charge < -0.3 is 15.2 Å². The van der Waals surface area contributed by atoms with Crippen molar-refractivity contribution < 1.29 is 19.4 Å². The first-order valence-electron chi connectivity index (χ1n) is 6.09. The first-order valence-corrected chi connectivity index (χ1v) is 6.09. The van der Waals surface area contributed by atoms with Gasteiger partial charge in [0.15, 0.2) is 0 Å². The zero-order chi connectivity index (χ0) is 13.7. The molecule has 0 aromatic heterocycles. The van der Waals surface area contributed by atoms with E-state index >= 15 is 0 Å². The molecule has 0 aliphatic carbocycles. The van der Waals surface area contributed by atoms with Gasteiger partial charge in [0.25, 0.3) is 5.91 Å². The largest absolute Gasteiger partial charge is 0.478 e. The van der Waals surface area contributed by atoms with E-state index < -0.39 is 5.97 Å². The molecule has 5 nitrogen and oxygen atoms in total. The molecule has 0 radical (unpaired) electrons. The van der Waals surface area contributed by atoms with Crippen molar-refractivity contribution in [3.8, 4) is 0 Å². The Morgan fingerprint density at radius 2 is 2.05 bits per heavy atom. The zero-order valence-corrected chi connectivity index (χ0v) is 10.3. The molecule has 5 heteroatoms. The van der Waals surface area contributed by atoms with Crippen LogP contribution in [-0.2, 0) is 14.3 Å². The summed E-state index contributed by atoms with van der Waals surface area (Å²) in [5.74, 6) is -1.12. The quantitative estimate of drug-likeness (QED) is 0.812. The van der Waals surface area contributed by atoms with Crippen LogP contribution < -0.4 is 5.32 Å². The Morgan fingerprint density at radius 3 is 2.63 bits per heavy atom. The smallest absolute Gasteiger partial charge is 0.328 e. The highest BCUT2D eigenvalue weighted by Gasteiger charge is 2.23. The third-order valence-electron chi connectivity index (χ3n) is 2.82. The SMILES string of the molecule is O=C(O)/C=C/c1ccc(NC(=O)C2CCCO2)cc1. The number of hydrogen-bond acceptors (Lipinski definition) is 3. The second-order valence-corrected chi connectivity index (χ2v) is 4.28. The first-order chi connectivity index (χ1) is 9.15. The van der Waals surface area contributed by atoms with Crippen LogP contribution in [0.15, 0.2) is 30.3 Å². The summed E-state index contributed by atoms with van der Waals surface area (Å²) in [6.45, 7) is 0.636. The number of hydrogen-bond donors (Lipinski definition) is 2. The Bertz CT molecular complexity index is 487. The fraction of sp³-hybridized carbons (Fsp3) is 0.286. The van der Waals surface area contributed by atoms with Crippen LogP contribution in [0.2, 0.25) is 0 Å². The number of carbonyl (C=O) groups excluding carboxylic acids is 1. The van der Waals surface area contributed by atoms with Gasteiger partial charge in [0, 0.05) is 18.4 Å². The number of carbonyl (C=O) groups is 2. The number of carboxylic acids is 1. The Kier molecular flexibility index (Phi) is 4.30. The van der Waals surface area contributed by atoms with E-state index in [1.807, 2.05) is 0 Å². The standard InChI is InChI=1S/C14H15NO4/c16-13(17)8-5-10-3-6-11(7-4-10)15-14(18)12-2-1-9-19-12/h3-8,12H,1-2,9H2,(H,15,18)(H,16,17)/b8-5+. The van der Waals surface area contributed by atoms with E-state index in [1.165, 1.54) is 6.08 Å². The molecule has 1 atom stereocenters. The predicted octanol–water partition coefficient (Wildman–Crippen LogP) is 1.90. The number of amides is 1. The van der Waals surface area contributed by atoms with Crippen LogP contribution in [0.3, 0.4) is 0 Å². The van der Waals surface area contributed by atoms with Crippen molar-refractivity contribution in [1.82, 2.24) is 0 Å². The lowest BCUT2D eigenvalue weighted by Crippen LogP contribution is -2.26. The Morgan fingerprint density at radius 1 is 1.32 bits per heavy atom. The highest BCUT2D eigenvalue weighted by Crippen LogP contribution is 2.16. The minimum Gasteiger partial charge on any atom is -0.478 e. The molecule has 0 spiro atoms. The maximum Gasteiger partial charge on any atom is 0.328 e. The maximum atomic E-state index is 11.8. The molecule has 100 valence electrons. The normalized spacial score (nSPS) is 18.6. The summed E-state index contributed by atoms with van der Waals surface area (Å²) < 4.78 is 5.29. The molecule has 1 amide bonds. The number of benzene rings is 1. The van der Waals surface area contributed by atoms with E-state index in [-0.39, 0.29) is 12.0 Å². The molecule has 19 heavy (non-hydrogen) atoms. The fourth-order valence-corrected chi connectivity index (χ4v) is 1.85. The molecular weight excluding hydrogens is 246 g/mol. The second-order valence-electron chi connectivity index (χ2n) is 4.28. The summed E-state index contributed by atoms with van der Waals surface area (Å²) >= 11 is 0. The van der Waals surface area contributed by atoms with Gasteiger partial charge in [-0.05, 0) is 36.6 Å². The molecule has 2 N–H and O–H groups in total. The molecule has 0 saturated carbocycles. The van der Waals surface area contributed by atoms with Crippen LogP contribution in [-0.4, -0.2) is 29.7 Å². The average Bonchev–Trinajstić information content (AvgIpc) is 2.92. The van der Waals surface area contributed by atoms with Crippen LogP contribution in [0, 0.1) is 0 Å². The van der Waals surface area contributed by atoms with Gasteiger partial charge in [-0.2, -0.15) is 0 Å². The number of rotatable bonds is 4. The van der Waals surface area contributed by atoms with Crippen molar-refractivity contribution in [2.75, 3.05) is 11.9 Å². The molecule has 0 bridgehead atoms. The van der Waals surface area contributed by atoms with Gasteiger partial charge in [-0.25, -0.2) is 4.79 Å². The number of ether oxygens (including phenoxy) is 1. The van der Waals surface area contributed by atoms with Gasteiger partial charge in [-0.15, -0.1) is 0 Å². The molecule has 1 saturated heterocycles. The summed E-state index contributed by atoms with van der Waals surface area (Å²) in [7, 11) is 0. The van der Waals surface area contributed by atoms with Gasteiger partial charge in [-0.3, -0.25) is 4.79 Å². The van der Waals surface area contributed by atoms with Gasteiger partial charge in [0.2, 0.25) is 0 Å². The van der Waals surface area contributed by atoms with Crippen LogP contribution in [0.4, 0.5) is 5.69 Å². The monoisotopic (exact) mass is 261 g/mol. The Balaban J connectivity index is 1.94. The molecule has 1 aliphatic heterocycles. The van der Waals surface area contributed by atoms with E-state index in [2.05, 4.69) is 5.32 Å². The lowest BCUT2D eigenvalue weighted by Gasteiger charge is -2.10. The first kappa shape index (κ1) is 13.3. The van der Waals surface area contributed by atoms with E-state index in [0.29, 0.717) is 12.3 Å². The summed E-state index contributed by atoms with van der Waals surface area (Å²) in [6.07, 6.45) is 3.88. The number of anilines is 1. The lowest BCUT2D eigenvalue weighted by atomic mass is 10.2. The molecule has 1 fully saturated rings. The summed E-state index contributed by atoms with van der Waals surface area (Å²) in [6, 6.07) is 6.94. The van der Waals surface area contributed by atoms with E-state index in [9.17, 15) is 9.59 Å². The highest BCUT2D eigenvalue weighted by atomic mass is 16.5. The van der Waals surface area contributed by atoms with Crippen LogP contribution in [0.1, 0.15) is 18.4 Å². The molecule has 1 unspecified atom stereocenters. The van der Waals surface area contributed by atoms with Crippen LogP contribution in [0.25, 0.3) is 6.08 Å². The van der Waals surface area contributed by atoms with Gasteiger partial charge in [-0.1, -0.05) is 12.1 Å². The second kappa shape index (κ2) is 6.15. The lowest BCUT2D eigenvalue weighted by molar-refractivity contribution is -0.131. The summed E-state index contributed by atoms with van der Waals surface area (Å²) in [5, 5.41) is 11.3. The van der Waals surface area contributed by atoms with Crippen molar-refractivity contribution in [2.24, 2.45) is 0 Å². The molecule has 1 aromatic rings. The summed E-state index contributed by atoms with van der Waals surface area (Å²) in [5.41, 5.74) is 1.44. The van der Waals surface area contributed by atoms with Crippen molar-refractivity contribution in [3.63, 3.8) is 0 Å². The van der Waals surface area contributed by atoms with Gasteiger partial charge in [0.05, 0.1) is 0 Å². The minimum atomic E-state index is -0.990. The van der Waals surface area contributed by atoms with Crippen molar-refractivity contribution >= 4 is 23.6 Å².